The maximum atomic E-state index is 13.9. The fourth-order valence-electron chi connectivity index (χ4n) is 3.74. The van der Waals surface area contributed by atoms with E-state index in [0.717, 1.165) is 8.78 Å². The number of anilines is 1. The first kappa shape index (κ1) is 30.9. The van der Waals surface area contributed by atoms with E-state index in [0.29, 0.717) is 27.7 Å². The summed E-state index contributed by atoms with van der Waals surface area (Å²) in [6.07, 6.45) is 0.710. The molecule has 2 atom stereocenters. The van der Waals surface area contributed by atoms with Gasteiger partial charge in [-0.05, 0) is 74.4 Å². The minimum absolute atomic E-state index is 0.0243. The van der Waals surface area contributed by atoms with Crippen molar-refractivity contribution in [2.75, 3.05) is 10.8 Å². The lowest BCUT2D eigenvalue weighted by atomic mass is 10.1. The van der Waals surface area contributed by atoms with Crippen molar-refractivity contribution in [3.05, 3.63) is 92.9 Å². The van der Waals surface area contributed by atoms with E-state index in [-0.39, 0.29) is 23.4 Å². The fourth-order valence-corrected chi connectivity index (χ4v) is 5.91. The summed E-state index contributed by atoms with van der Waals surface area (Å²) in [6.45, 7) is 4.86. The molecule has 0 fully saturated rings. The lowest BCUT2D eigenvalue weighted by Crippen LogP contribution is -2.52. The fraction of sp³-hybridized carbons (Fsp3) is 0.286. The summed E-state index contributed by atoms with van der Waals surface area (Å²) in [5.74, 6) is -0.931. The predicted molar refractivity (Wildman–Crippen MR) is 159 cm³/mol. The van der Waals surface area contributed by atoms with Crippen molar-refractivity contribution in [1.82, 2.24) is 10.2 Å². The Kier molecular flexibility index (Phi) is 10.8. The van der Waals surface area contributed by atoms with Crippen LogP contribution in [-0.2, 0) is 26.2 Å². The maximum absolute atomic E-state index is 13.9. The first-order valence-electron chi connectivity index (χ1n) is 12.3. The van der Waals surface area contributed by atoms with Crippen molar-refractivity contribution in [2.45, 2.75) is 50.7 Å². The number of hydrogen-bond acceptors (Lipinski definition) is 4. The SMILES string of the molecule is CC[C@@H](C)NC(=O)[C@H](C)N(Cc1ccc(Cl)cc1Cl)C(=O)CN(c1ccc(Br)cc1)S(=O)(=O)c1ccccc1. The van der Waals surface area contributed by atoms with Crippen LogP contribution in [0.15, 0.2) is 82.2 Å². The molecule has 0 spiro atoms. The number of nitrogens with one attached hydrogen (secondary N) is 1. The van der Waals surface area contributed by atoms with E-state index in [9.17, 15) is 18.0 Å². The predicted octanol–water partition coefficient (Wildman–Crippen LogP) is 6.28. The van der Waals surface area contributed by atoms with Crippen molar-refractivity contribution in [2.24, 2.45) is 0 Å². The second-order valence-corrected chi connectivity index (χ2v) is 12.7. The molecule has 0 aliphatic carbocycles. The topological polar surface area (TPSA) is 86.8 Å². The van der Waals surface area contributed by atoms with Crippen molar-refractivity contribution in [3.8, 4) is 0 Å². The Morgan fingerprint density at radius 2 is 1.62 bits per heavy atom. The lowest BCUT2D eigenvalue weighted by molar-refractivity contribution is -0.139. The minimum Gasteiger partial charge on any atom is -0.352 e. The van der Waals surface area contributed by atoms with Gasteiger partial charge >= 0.3 is 0 Å². The normalized spacial score (nSPS) is 12.9. The first-order chi connectivity index (χ1) is 18.4. The van der Waals surface area contributed by atoms with Crippen LogP contribution in [0.4, 0.5) is 5.69 Å². The van der Waals surface area contributed by atoms with Crippen molar-refractivity contribution < 1.29 is 18.0 Å². The van der Waals surface area contributed by atoms with E-state index in [2.05, 4.69) is 21.2 Å². The summed E-state index contributed by atoms with van der Waals surface area (Å²) in [5.41, 5.74) is 0.871. The highest BCUT2D eigenvalue weighted by atomic mass is 79.9. The third-order valence-corrected chi connectivity index (χ3v) is 9.15. The minimum atomic E-state index is -4.12. The molecule has 11 heteroatoms. The lowest BCUT2D eigenvalue weighted by Gasteiger charge is -2.32. The molecule has 1 N–H and O–H groups in total. The third-order valence-electron chi connectivity index (χ3n) is 6.25. The standard InChI is InChI=1S/C28H30BrCl2N3O4S/c1-4-19(2)32-28(36)20(3)33(17-21-10-13-23(30)16-26(21)31)27(35)18-34(24-14-11-22(29)12-15-24)39(37,38)25-8-6-5-7-9-25/h5-16,19-20H,4,17-18H2,1-3H3,(H,32,36)/t19-,20+/m1/s1. The van der Waals surface area contributed by atoms with Crippen LogP contribution >= 0.6 is 39.1 Å². The zero-order valence-corrected chi connectivity index (χ0v) is 25.7. The molecule has 3 aromatic rings. The summed E-state index contributed by atoms with van der Waals surface area (Å²) in [4.78, 5) is 28.4. The van der Waals surface area contributed by atoms with E-state index in [1.54, 1.807) is 67.6 Å². The Morgan fingerprint density at radius 1 is 0.974 bits per heavy atom. The average molecular weight is 655 g/mol. The zero-order valence-electron chi connectivity index (χ0n) is 21.8. The van der Waals surface area contributed by atoms with Crippen LogP contribution in [0.2, 0.25) is 10.0 Å². The van der Waals surface area contributed by atoms with Crippen LogP contribution < -0.4 is 9.62 Å². The number of halogens is 3. The van der Waals surface area contributed by atoms with Gasteiger partial charge in [-0.15, -0.1) is 0 Å². The molecule has 0 saturated carbocycles. The van der Waals surface area contributed by atoms with E-state index < -0.39 is 28.5 Å². The van der Waals surface area contributed by atoms with Gasteiger partial charge in [-0.3, -0.25) is 13.9 Å². The smallest absolute Gasteiger partial charge is 0.264 e. The average Bonchev–Trinajstić information content (AvgIpc) is 2.91. The van der Waals surface area contributed by atoms with E-state index in [1.807, 2.05) is 13.8 Å². The van der Waals surface area contributed by atoms with Crippen LogP contribution in [0.25, 0.3) is 0 Å². The molecule has 0 aliphatic rings. The van der Waals surface area contributed by atoms with E-state index in [1.165, 1.54) is 17.0 Å². The van der Waals surface area contributed by atoms with Crippen LogP contribution in [0.5, 0.6) is 0 Å². The van der Waals surface area contributed by atoms with Crippen LogP contribution in [-0.4, -0.2) is 43.8 Å². The van der Waals surface area contributed by atoms with Gasteiger partial charge in [-0.2, -0.15) is 0 Å². The van der Waals surface area contributed by atoms with Gasteiger partial charge in [0.05, 0.1) is 10.6 Å². The number of rotatable bonds is 11. The van der Waals surface area contributed by atoms with E-state index in [4.69, 9.17) is 23.2 Å². The monoisotopic (exact) mass is 653 g/mol. The van der Waals surface area contributed by atoms with Crippen LogP contribution in [0, 0.1) is 0 Å². The van der Waals surface area contributed by atoms with Crippen molar-refractivity contribution in [3.63, 3.8) is 0 Å². The number of carbonyl (C=O) groups excluding carboxylic acids is 2. The molecule has 0 aliphatic heterocycles. The molecule has 0 aromatic heterocycles. The van der Waals surface area contributed by atoms with Crippen LogP contribution in [0.3, 0.4) is 0 Å². The van der Waals surface area contributed by atoms with Gasteiger partial charge in [-0.25, -0.2) is 8.42 Å². The Bertz CT molecular complexity index is 1410. The quantitative estimate of drug-likeness (QED) is 0.264. The molecule has 3 aromatic carbocycles. The van der Waals surface area contributed by atoms with E-state index >= 15 is 0 Å². The first-order valence-corrected chi connectivity index (χ1v) is 15.3. The molecule has 0 heterocycles. The van der Waals surface area contributed by atoms with Crippen LogP contribution in [0.1, 0.15) is 32.8 Å². The second-order valence-electron chi connectivity index (χ2n) is 9.05. The third kappa shape index (κ3) is 7.97. The molecule has 0 saturated heterocycles. The van der Waals surface area contributed by atoms with Gasteiger partial charge in [0.15, 0.2) is 0 Å². The highest BCUT2D eigenvalue weighted by Crippen LogP contribution is 2.27. The Labute approximate surface area is 248 Å². The summed E-state index contributed by atoms with van der Waals surface area (Å²) >= 11 is 15.8. The van der Waals surface area contributed by atoms with Crippen molar-refractivity contribution >= 4 is 66.7 Å². The summed E-state index contributed by atoms with van der Waals surface area (Å²) in [7, 11) is -4.12. The number of nitrogens with zero attached hydrogens (tertiary/aromatic N) is 2. The number of hydrogen-bond donors (Lipinski definition) is 1. The highest BCUT2D eigenvalue weighted by Gasteiger charge is 2.33. The molecule has 7 nitrogen and oxygen atoms in total. The molecule has 39 heavy (non-hydrogen) atoms. The Hall–Kier alpha value is -2.59. The van der Waals surface area contributed by atoms with Crippen molar-refractivity contribution in [1.29, 1.82) is 0 Å². The highest BCUT2D eigenvalue weighted by molar-refractivity contribution is 9.10. The number of carbonyl (C=O) groups is 2. The molecule has 0 unspecified atom stereocenters. The Morgan fingerprint density at radius 3 is 2.21 bits per heavy atom. The molecule has 3 rings (SSSR count). The summed E-state index contributed by atoms with van der Waals surface area (Å²) < 4.78 is 29.3. The van der Waals surface area contributed by atoms with Gasteiger partial charge in [0.25, 0.3) is 10.0 Å². The maximum Gasteiger partial charge on any atom is 0.264 e. The van der Waals surface area contributed by atoms with Gasteiger partial charge in [0.2, 0.25) is 11.8 Å². The number of benzene rings is 3. The van der Waals surface area contributed by atoms with Gasteiger partial charge in [-0.1, -0.05) is 70.3 Å². The number of sulfonamides is 1. The second kappa shape index (κ2) is 13.7. The summed E-state index contributed by atoms with van der Waals surface area (Å²) in [6, 6.07) is 18.4. The molecular formula is C28H30BrCl2N3O4S. The molecule has 0 bridgehead atoms. The Balaban J connectivity index is 2.03. The molecular weight excluding hydrogens is 625 g/mol. The van der Waals surface area contributed by atoms with Gasteiger partial charge < -0.3 is 10.2 Å². The molecule has 208 valence electrons. The largest absolute Gasteiger partial charge is 0.352 e. The summed E-state index contributed by atoms with van der Waals surface area (Å²) in [5, 5.41) is 3.66. The van der Waals surface area contributed by atoms with Gasteiger partial charge in [0, 0.05) is 27.1 Å². The number of amides is 2. The molecule has 2 amide bonds. The molecule has 0 radical (unpaired) electrons. The van der Waals surface area contributed by atoms with Gasteiger partial charge in [0.1, 0.15) is 12.6 Å². The zero-order chi connectivity index (χ0) is 28.7.